The van der Waals surface area contributed by atoms with E-state index in [0.29, 0.717) is 18.0 Å². The summed E-state index contributed by atoms with van der Waals surface area (Å²) >= 11 is 0. The van der Waals surface area contributed by atoms with Crippen molar-refractivity contribution in [1.82, 2.24) is 19.7 Å². The van der Waals surface area contributed by atoms with Gasteiger partial charge in [-0.05, 0) is 48.2 Å². The van der Waals surface area contributed by atoms with E-state index in [0.717, 1.165) is 20.4 Å². The normalized spacial score (nSPS) is 10.9. The number of methoxy groups -OCH3 is 1. The lowest BCUT2D eigenvalue weighted by Crippen LogP contribution is -2.46. The van der Waals surface area contributed by atoms with E-state index in [2.05, 4.69) is 10.4 Å². The van der Waals surface area contributed by atoms with Gasteiger partial charge in [-0.2, -0.15) is 9.78 Å². The molecule has 0 bridgehead atoms. The molecule has 3 rings (SSSR count). The number of hydrogen-bond donors (Lipinski definition) is 1. The number of hydrogen-bond acceptors (Lipinski definition) is 5. The van der Waals surface area contributed by atoms with Gasteiger partial charge in [-0.3, -0.25) is 14.2 Å². The van der Waals surface area contributed by atoms with Gasteiger partial charge in [0.1, 0.15) is 5.75 Å². The van der Waals surface area contributed by atoms with Gasteiger partial charge in [0, 0.05) is 6.54 Å². The van der Waals surface area contributed by atoms with Crippen LogP contribution in [0.3, 0.4) is 0 Å². The molecule has 0 saturated heterocycles. The van der Waals surface area contributed by atoms with Crippen molar-refractivity contribution in [2.24, 2.45) is 5.92 Å². The molecule has 1 heterocycles. The summed E-state index contributed by atoms with van der Waals surface area (Å²) in [4.78, 5) is 39.0. The fraction of sp³-hybridized carbons (Fsp3) is 0.304. The van der Waals surface area contributed by atoms with Gasteiger partial charge in [0.25, 0.3) is 11.5 Å². The van der Waals surface area contributed by atoms with Crippen LogP contribution < -0.4 is 21.3 Å². The van der Waals surface area contributed by atoms with E-state index in [4.69, 9.17) is 4.74 Å². The zero-order chi connectivity index (χ0) is 22.5. The molecule has 0 aliphatic rings. The van der Waals surface area contributed by atoms with Crippen molar-refractivity contribution in [3.05, 3.63) is 86.2 Å². The highest BCUT2D eigenvalue weighted by Gasteiger charge is 2.21. The number of aromatic nitrogens is 3. The second kappa shape index (κ2) is 9.42. The summed E-state index contributed by atoms with van der Waals surface area (Å²) in [5, 5.41) is 6.83. The first-order valence-corrected chi connectivity index (χ1v) is 10.0. The van der Waals surface area contributed by atoms with E-state index < -0.39 is 17.2 Å². The number of ether oxygens (including phenoxy) is 1. The largest absolute Gasteiger partial charge is 0.497 e. The molecule has 1 aromatic heterocycles. The number of carbonyl (C=O) groups excluding carboxylic acids is 1. The van der Waals surface area contributed by atoms with Gasteiger partial charge in [0.05, 0.1) is 19.3 Å². The predicted octanol–water partition coefficient (Wildman–Crippen LogP) is 2.15. The molecule has 0 aliphatic carbocycles. The van der Waals surface area contributed by atoms with Crippen LogP contribution in [0.15, 0.2) is 58.1 Å². The highest BCUT2D eigenvalue weighted by molar-refractivity contribution is 5.91. The molecule has 0 radical (unpaired) electrons. The highest BCUT2D eigenvalue weighted by Crippen LogP contribution is 2.13. The summed E-state index contributed by atoms with van der Waals surface area (Å²) in [7, 11) is 1.54. The number of rotatable bonds is 7. The molecule has 0 saturated carbocycles. The maximum Gasteiger partial charge on any atom is 0.352 e. The highest BCUT2D eigenvalue weighted by atomic mass is 16.5. The smallest absolute Gasteiger partial charge is 0.352 e. The van der Waals surface area contributed by atoms with Gasteiger partial charge in [-0.15, -0.1) is 0 Å². The Morgan fingerprint density at radius 1 is 1.10 bits per heavy atom. The Labute approximate surface area is 180 Å². The lowest BCUT2D eigenvalue weighted by Gasteiger charge is -2.14. The van der Waals surface area contributed by atoms with E-state index in [1.165, 1.54) is 0 Å². The lowest BCUT2D eigenvalue weighted by atomic mass is 10.1. The molecular weight excluding hydrogens is 396 g/mol. The second-order valence-electron chi connectivity index (χ2n) is 7.66. The molecule has 1 N–H and O–H groups in total. The average Bonchev–Trinajstić information content (AvgIpc) is 2.76. The van der Waals surface area contributed by atoms with Gasteiger partial charge < -0.3 is 10.1 Å². The van der Waals surface area contributed by atoms with Crippen LogP contribution >= 0.6 is 0 Å². The lowest BCUT2D eigenvalue weighted by molar-refractivity contribution is 0.0939. The predicted molar refractivity (Wildman–Crippen MR) is 118 cm³/mol. The molecule has 8 nitrogen and oxygen atoms in total. The summed E-state index contributed by atoms with van der Waals surface area (Å²) in [6.45, 7) is 6.22. The summed E-state index contributed by atoms with van der Waals surface area (Å²) in [5.74, 6) is 0.199. The van der Waals surface area contributed by atoms with Crippen LogP contribution in [0.2, 0.25) is 0 Å². The zero-order valence-corrected chi connectivity index (χ0v) is 18.1. The molecule has 162 valence electrons. The number of nitrogens with zero attached hydrogens (tertiary/aromatic N) is 3. The van der Waals surface area contributed by atoms with E-state index >= 15 is 0 Å². The Kier molecular flexibility index (Phi) is 6.69. The monoisotopic (exact) mass is 422 g/mol. The molecular formula is C23H26N4O4. The molecule has 1 amide bonds. The van der Waals surface area contributed by atoms with Crippen LogP contribution in [0, 0.1) is 12.8 Å². The average molecular weight is 422 g/mol. The van der Waals surface area contributed by atoms with E-state index in [1.54, 1.807) is 31.4 Å². The van der Waals surface area contributed by atoms with E-state index in [9.17, 15) is 14.4 Å². The number of carbonyl (C=O) groups is 1. The molecule has 0 unspecified atom stereocenters. The molecule has 31 heavy (non-hydrogen) atoms. The third-order valence-electron chi connectivity index (χ3n) is 4.85. The molecule has 3 aromatic rings. The molecule has 2 aromatic carbocycles. The summed E-state index contributed by atoms with van der Waals surface area (Å²) < 4.78 is 7.28. The Bertz CT molecular complexity index is 1190. The number of amides is 1. The minimum Gasteiger partial charge on any atom is -0.497 e. The van der Waals surface area contributed by atoms with E-state index in [1.807, 2.05) is 45.0 Å². The van der Waals surface area contributed by atoms with Crippen molar-refractivity contribution in [2.45, 2.75) is 27.3 Å². The third kappa shape index (κ3) is 4.91. The molecule has 0 aliphatic heterocycles. The number of aryl methyl sites for hydroxylation is 1. The molecule has 0 fully saturated rings. The first-order chi connectivity index (χ1) is 14.8. The van der Waals surface area contributed by atoms with Crippen molar-refractivity contribution in [3.8, 4) is 11.4 Å². The first kappa shape index (κ1) is 22.0. The third-order valence-corrected chi connectivity index (χ3v) is 4.85. The van der Waals surface area contributed by atoms with Gasteiger partial charge in [-0.1, -0.05) is 38.1 Å². The van der Waals surface area contributed by atoms with Crippen LogP contribution in [-0.4, -0.2) is 33.9 Å². The fourth-order valence-electron chi connectivity index (χ4n) is 3.03. The molecule has 0 atom stereocenters. The maximum atomic E-state index is 13.2. The van der Waals surface area contributed by atoms with E-state index in [-0.39, 0.29) is 18.2 Å². The Balaban J connectivity index is 2.16. The summed E-state index contributed by atoms with van der Waals surface area (Å²) in [5.41, 5.74) is 0.486. The summed E-state index contributed by atoms with van der Waals surface area (Å²) in [6.07, 6.45) is 0. The minimum absolute atomic E-state index is 0.0352. The van der Waals surface area contributed by atoms with Crippen molar-refractivity contribution >= 4 is 5.91 Å². The molecule has 0 spiro atoms. The molecule has 8 heteroatoms. The van der Waals surface area contributed by atoms with Gasteiger partial charge in [-0.25, -0.2) is 4.79 Å². The number of nitrogens with one attached hydrogen (secondary N) is 1. The van der Waals surface area contributed by atoms with Crippen LogP contribution in [0.4, 0.5) is 0 Å². The van der Waals surface area contributed by atoms with Crippen LogP contribution in [-0.2, 0) is 6.54 Å². The fourth-order valence-corrected chi connectivity index (χ4v) is 3.03. The van der Waals surface area contributed by atoms with Gasteiger partial charge in [0.15, 0.2) is 0 Å². The van der Waals surface area contributed by atoms with Crippen LogP contribution in [0.5, 0.6) is 5.75 Å². The first-order valence-electron chi connectivity index (χ1n) is 10.0. The van der Waals surface area contributed by atoms with Crippen molar-refractivity contribution in [2.75, 3.05) is 13.7 Å². The van der Waals surface area contributed by atoms with Crippen LogP contribution in [0.1, 0.15) is 35.5 Å². The standard InChI is InChI=1S/C23H26N4O4/c1-15(2)13-24-21(28)20-22(29)26(14-17-8-6-5-7-16(17)3)23(30)27(25-20)18-9-11-19(31-4)12-10-18/h5-12,15H,13-14H2,1-4H3,(H,24,28). The Morgan fingerprint density at radius 2 is 1.77 bits per heavy atom. The van der Waals surface area contributed by atoms with Crippen LogP contribution in [0.25, 0.3) is 5.69 Å². The van der Waals surface area contributed by atoms with Gasteiger partial charge >= 0.3 is 5.69 Å². The Hall–Kier alpha value is -3.68. The van der Waals surface area contributed by atoms with Crippen molar-refractivity contribution < 1.29 is 9.53 Å². The Morgan fingerprint density at radius 3 is 2.39 bits per heavy atom. The van der Waals surface area contributed by atoms with Crippen molar-refractivity contribution in [3.63, 3.8) is 0 Å². The van der Waals surface area contributed by atoms with Gasteiger partial charge in [0.2, 0.25) is 5.69 Å². The topological polar surface area (TPSA) is 95.2 Å². The second-order valence-corrected chi connectivity index (χ2v) is 7.66. The minimum atomic E-state index is -0.723. The zero-order valence-electron chi connectivity index (χ0n) is 18.1. The number of benzene rings is 2. The quantitative estimate of drug-likeness (QED) is 0.630. The maximum absolute atomic E-state index is 13.2. The summed E-state index contributed by atoms with van der Waals surface area (Å²) in [6, 6.07) is 14.1. The van der Waals surface area contributed by atoms with Crippen molar-refractivity contribution in [1.29, 1.82) is 0 Å². The SMILES string of the molecule is COc1ccc(-n2nc(C(=O)NCC(C)C)c(=O)n(Cc3ccccc3C)c2=O)cc1.